The summed E-state index contributed by atoms with van der Waals surface area (Å²) in [5.74, 6) is 0.420. The van der Waals surface area contributed by atoms with Crippen LogP contribution in [0.5, 0.6) is 5.75 Å². The number of unbranched alkanes of at least 4 members (excludes halogenated alkanes) is 3. The number of ether oxygens (including phenoxy) is 2. The highest BCUT2D eigenvalue weighted by molar-refractivity contribution is 5.87. The van der Waals surface area contributed by atoms with Gasteiger partial charge in [0.15, 0.2) is 0 Å². The second kappa shape index (κ2) is 10.6. The molecule has 1 fully saturated rings. The Morgan fingerprint density at radius 2 is 2.12 bits per heavy atom. The molecule has 0 saturated carbocycles. The Morgan fingerprint density at radius 1 is 1.26 bits per heavy atom. The first-order valence-electron chi connectivity index (χ1n) is 11.8. The number of carbonyl (C=O) groups is 2. The van der Waals surface area contributed by atoms with Gasteiger partial charge < -0.3 is 29.1 Å². The van der Waals surface area contributed by atoms with Gasteiger partial charge in [-0.1, -0.05) is 32.6 Å². The van der Waals surface area contributed by atoms with Gasteiger partial charge in [-0.2, -0.15) is 0 Å². The van der Waals surface area contributed by atoms with E-state index in [2.05, 4.69) is 11.9 Å². The van der Waals surface area contributed by atoms with Crippen LogP contribution in [0, 0.1) is 0 Å². The summed E-state index contributed by atoms with van der Waals surface area (Å²) in [6.45, 7) is 2.44. The van der Waals surface area contributed by atoms with Crippen molar-refractivity contribution < 1.29 is 23.5 Å². The van der Waals surface area contributed by atoms with E-state index in [0.717, 1.165) is 36.7 Å². The first-order valence-corrected chi connectivity index (χ1v) is 11.8. The topological polar surface area (TPSA) is 113 Å². The fourth-order valence-corrected chi connectivity index (χ4v) is 4.58. The molecule has 1 aliphatic heterocycles. The molecule has 0 bridgehead atoms. The van der Waals surface area contributed by atoms with Gasteiger partial charge in [0.25, 0.3) is 0 Å². The van der Waals surface area contributed by atoms with Gasteiger partial charge in [-0.05, 0) is 30.7 Å². The predicted octanol–water partition coefficient (Wildman–Crippen LogP) is 3.94. The van der Waals surface area contributed by atoms with Crippen molar-refractivity contribution in [1.82, 2.24) is 14.5 Å². The van der Waals surface area contributed by atoms with Gasteiger partial charge in [0.05, 0.1) is 26.2 Å². The normalized spacial score (nSPS) is 18.8. The summed E-state index contributed by atoms with van der Waals surface area (Å²) in [5, 5.41) is 0.929. The van der Waals surface area contributed by atoms with Gasteiger partial charge in [0, 0.05) is 18.0 Å². The maximum Gasteiger partial charge on any atom is 0.328 e. The smallest absolute Gasteiger partial charge is 0.328 e. The molecule has 0 aliphatic carbocycles. The number of fused-ring (bicyclic) bond motifs is 1. The number of nitrogens with two attached hydrogens (primary N) is 1. The molecule has 3 aromatic rings. The number of hydrogen-bond acceptors (Lipinski definition) is 7. The van der Waals surface area contributed by atoms with Crippen LogP contribution in [0.4, 0.5) is 5.82 Å². The van der Waals surface area contributed by atoms with Crippen LogP contribution in [0.3, 0.4) is 0 Å². The highest BCUT2D eigenvalue weighted by Crippen LogP contribution is 2.30. The number of nitrogen functional groups attached to an aromatic ring is 1. The molecule has 34 heavy (non-hydrogen) atoms. The van der Waals surface area contributed by atoms with Crippen molar-refractivity contribution in [3.63, 3.8) is 0 Å². The number of benzene rings is 1. The minimum absolute atomic E-state index is 0.152. The first-order chi connectivity index (χ1) is 16.5. The van der Waals surface area contributed by atoms with Crippen LogP contribution in [0.25, 0.3) is 11.0 Å². The third kappa shape index (κ3) is 5.18. The number of aromatic nitrogens is 2. The Balaban J connectivity index is 1.52. The minimum atomic E-state index is -0.709. The number of esters is 1. The van der Waals surface area contributed by atoms with E-state index >= 15 is 0 Å². The number of carbonyl (C=O) groups excluding carboxylic acids is 2. The lowest BCUT2D eigenvalue weighted by Gasteiger charge is -2.28. The van der Waals surface area contributed by atoms with Gasteiger partial charge in [-0.25, -0.2) is 9.78 Å². The van der Waals surface area contributed by atoms with Gasteiger partial charge in [0.1, 0.15) is 35.3 Å². The second-order valence-corrected chi connectivity index (χ2v) is 8.74. The maximum absolute atomic E-state index is 13.7. The highest BCUT2D eigenvalue weighted by atomic mass is 16.5. The molecule has 4 rings (SSSR count). The van der Waals surface area contributed by atoms with Gasteiger partial charge >= 0.3 is 5.97 Å². The standard InChI is InChI=1S/C25H32N4O5/c1-3-4-5-6-7-20(28-15-23(26)27-16-28)24(30)29-14-19(13-21(29)25(31)32-2)34-18-8-9-22-17(12-18)10-11-33-22/h8-12,15-16,19-21H,3-7,13-14,26H2,1-2H3/t19-,20+,21-/m0/s1. The van der Waals surface area contributed by atoms with Crippen LogP contribution in [-0.2, 0) is 14.3 Å². The van der Waals surface area contributed by atoms with E-state index in [1.165, 1.54) is 7.11 Å². The lowest BCUT2D eigenvalue weighted by Crippen LogP contribution is -2.44. The fraction of sp³-hybridized carbons (Fsp3) is 0.480. The first kappa shape index (κ1) is 23.7. The average molecular weight is 469 g/mol. The van der Waals surface area contributed by atoms with Gasteiger partial charge in [-0.3, -0.25) is 4.79 Å². The van der Waals surface area contributed by atoms with E-state index in [1.807, 2.05) is 24.3 Å². The zero-order chi connectivity index (χ0) is 24.1. The Kier molecular flexibility index (Phi) is 7.40. The summed E-state index contributed by atoms with van der Waals surface area (Å²) < 4.78 is 18.3. The number of amides is 1. The monoisotopic (exact) mass is 468 g/mol. The third-order valence-electron chi connectivity index (χ3n) is 6.34. The summed E-state index contributed by atoms with van der Waals surface area (Å²) in [5.41, 5.74) is 6.60. The van der Waals surface area contributed by atoms with E-state index in [1.54, 1.807) is 28.3 Å². The molecule has 3 atom stereocenters. The van der Waals surface area contributed by atoms with Crippen LogP contribution < -0.4 is 10.5 Å². The molecular formula is C25H32N4O5. The summed E-state index contributed by atoms with van der Waals surface area (Å²) in [6, 6.07) is 6.23. The van der Waals surface area contributed by atoms with Crippen molar-refractivity contribution in [2.45, 2.75) is 63.6 Å². The number of methoxy groups -OCH3 is 1. The van der Waals surface area contributed by atoms with Crippen LogP contribution in [0.15, 0.2) is 47.5 Å². The largest absolute Gasteiger partial charge is 0.488 e. The number of hydrogen-bond donors (Lipinski definition) is 1. The summed E-state index contributed by atoms with van der Waals surface area (Å²) in [7, 11) is 1.34. The number of rotatable bonds is 10. The van der Waals surface area contributed by atoms with E-state index in [-0.39, 0.29) is 18.6 Å². The Hall–Kier alpha value is -3.49. The SMILES string of the molecule is CCCCCC[C@H](C(=O)N1C[C@@H](Oc2ccc3occc3c2)C[C@H]1C(=O)OC)n1cnc(N)c1. The predicted molar refractivity (Wildman–Crippen MR) is 127 cm³/mol. The lowest BCUT2D eigenvalue weighted by molar-refractivity contribution is -0.152. The number of furan rings is 1. The molecule has 0 unspecified atom stereocenters. The van der Waals surface area contributed by atoms with Gasteiger partial charge in [0.2, 0.25) is 5.91 Å². The fourth-order valence-electron chi connectivity index (χ4n) is 4.58. The van der Waals surface area contributed by atoms with Crippen LogP contribution in [0.1, 0.15) is 51.5 Å². The van der Waals surface area contributed by atoms with Gasteiger partial charge in [-0.15, -0.1) is 0 Å². The minimum Gasteiger partial charge on any atom is -0.488 e. The van der Waals surface area contributed by atoms with Crippen molar-refractivity contribution in [2.24, 2.45) is 0 Å². The molecule has 2 aromatic heterocycles. The molecule has 1 amide bonds. The molecule has 182 valence electrons. The van der Waals surface area contributed by atoms with Crippen molar-refractivity contribution >= 4 is 28.7 Å². The zero-order valence-electron chi connectivity index (χ0n) is 19.7. The average Bonchev–Trinajstić information content (AvgIpc) is 3.58. The molecule has 1 saturated heterocycles. The molecule has 2 N–H and O–H groups in total. The summed E-state index contributed by atoms with van der Waals surface area (Å²) >= 11 is 0. The summed E-state index contributed by atoms with van der Waals surface area (Å²) in [4.78, 5) is 32.0. The van der Waals surface area contributed by atoms with E-state index in [9.17, 15) is 9.59 Å². The van der Waals surface area contributed by atoms with Crippen LogP contribution in [-0.4, -0.2) is 52.1 Å². The van der Waals surface area contributed by atoms with E-state index in [0.29, 0.717) is 24.4 Å². The molecular weight excluding hydrogens is 436 g/mol. The highest BCUT2D eigenvalue weighted by Gasteiger charge is 2.43. The van der Waals surface area contributed by atoms with Crippen LogP contribution in [0.2, 0.25) is 0 Å². The van der Waals surface area contributed by atoms with E-state index in [4.69, 9.17) is 19.6 Å². The summed E-state index contributed by atoms with van der Waals surface area (Å²) in [6.07, 6.45) is 9.67. The number of nitrogens with zero attached hydrogens (tertiary/aromatic N) is 3. The third-order valence-corrected chi connectivity index (χ3v) is 6.34. The molecule has 1 aliphatic rings. The molecule has 1 aromatic carbocycles. The lowest BCUT2D eigenvalue weighted by atomic mass is 10.1. The second-order valence-electron chi connectivity index (χ2n) is 8.74. The van der Waals surface area contributed by atoms with Crippen molar-refractivity contribution in [3.05, 3.63) is 43.1 Å². The number of imidazole rings is 1. The maximum atomic E-state index is 13.7. The molecule has 0 spiro atoms. The zero-order valence-corrected chi connectivity index (χ0v) is 19.7. The Morgan fingerprint density at radius 3 is 2.85 bits per heavy atom. The Labute approximate surface area is 198 Å². The van der Waals surface area contributed by atoms with Crippen molar-refractivity contribution in [2.75, 3.05) is 19.4 Å². The Bertz CT molecular complexity index is 1120. The molecule has 0 radical (unpaired) electrons. The van der Waals surface area contributed by atoms with Crippen LogP contribution >= 0.6 is 0 Å². The van der Waals surface area contributed by atoms with Crippen molar-refractivity contribution in [3.8, 4) is 5.75 Å². The van der Waals surface area contributed by atoms with E-state index < -0.39 is 18.1 Å². The number of anilines is 1. The molecule has 9 heteroatoms. The quantitative estimate of drug-likeness (QED) is 0.354. The van der Waals surface area contributed by atoms with Crippen molar-refractivity contribution in [1.29, 1.82) is 0 Å². The molecule has 9 nitrogen and oxygen atoms in total. The number of likely N-dealkylation sites (tertiary alicyclic amines) is 1. The molecule has 3 heterocycles.